The molecular weight excluding hydrogens is 274 g/mol. The molecule has 2 aromatic rings. The summed E-state index contributed by atoms with van der Waals surface area (Å²) in [5, 5.41) is 4.73. The van der Waals surface area contributed by atoms with Crippen molar-refractivity contribution >= 4 is 28.4 Å². The Morgan fingerprint density at radius 3 is 2.90 bits per heavy atom. The van der Waals surface area contributed by atoms with E-state index in [4.69, 9.17) is 17.3 Å². The summed E-state index contributed by atoms with van der Waals surface area (Å²) in [5.74, 6) is -0.176. The third kappa shape index (κ3) is 3.32. The van der Waals surface area contributed by atoms with Crippen LogP contribution in [0.25, 0.3) is 10.9 Å². The summed E-state index contributed by atoms with van der Waals surface area (Å²) in [5.41, 5.74) is 7.92. The number of hydrogen-bond acceptors (Lipinski definition) is 2. The van der Waals surface area contributed by atoms with E-state index in [-0.39, 0.29) is 17.9 Å². The first-order valence-electron chi connectivity index (χ1n) is 6.78. The Bertz CT molecular complexity index is 606. The highest BCUT2D eigenvalue weighted by Crippen LogP contribution is 2.22. The summed E-state index contributed by atoms with van der Waals surface area (Å²) in [4.78, 5) is 15.0. The number of benzene rings is 1. The lowest BCUT2D eigenvalue weighted by molar-refractivity contribution is -0.124. The van der Waals surface area contributed by atoms with Crippen LogP contribution in [-0.2, 0) is 11.2 Å². The van der Waals surface area contributed by atoms with E-state index in [0.717, 1.165) is 22.9 Å². The average Bonchev–Trinajstić information content (AvgIpc) is 2.80. The molecule has 4 N–H and O–H groups in total. The number of carbonyl (C=O) groups is 1. The van der Waals surface area contributed by atoms with Gasteiger partial charge in [0.25, 0.3) is 0 Å². The van der Waals surface area contributed by atoms with Crippen LogP contribution in [0.2, 0.25) is 5.02 Å². The van der Waals surface area contributed by atoms with Crippen molar-refractivity contribution in [2.45, 2.75) is 26.3 Å². The van der Waals surface area contributed by atoms with Gasteiger partial charge in [0.2, 0.25) is 5.91 Å². The van der Waals surface area contributed by atoms with Crippen molar-refractivity contribution in [3.05, 3.63) is 35.0 Å². The molecule has 0 fully saturated rings. The SMILES string of the molecule is CC(N)C(C)C(=O)NCCc1c[nH]c2ccc(Cl)cc12. The van der Waals surface area contributed by atoms with Gasteiger partial charge in [-0.05, 0) is 37.1 Å². The maximum atomic E-state index is 11.8. The minimum atomic E-state index is -0.174. The standard InChI is InChI=1S/C15H20ClN3O/c1-9(10(2)17)15(20)18-6-5-11-8-19-14-4-3-12(16)7-13(11)14/h3-4,7-10,19H,5-6,17H2,1-2H3,(H,18,20). The topological polar surface area (TPSA) is 70.9 Å². The van der Waals surface area contributed by atoms with E-state index in [0.29, 0.717) is 11.6 Å². The molecule has 1 aromatic carbocycles. The molecule has 0 saturated heterocycles. The number of hydrogen-bond donors (Lipinski definition) is 3. The second-order valence-corrected chi connectivity index (χ2v) is 5.63. The molecule has 0 aliphatic heterocycles. The molecule has 1 aromatic heterocycles. The van der Waals surface area contributed by atoms with Gasteiger partial charge < -0.3 is 16.0 Å². The molecule has 2 atom stereocenters. The molecule has 1 heterocycles. The van der Waals surface area contributed by atoms with E-state index in [1.165, 1.54) is 0 Å². The van der Waals surface area contributed by atoms with Gasteiger partial charge in [-0.15, -0.1) is 0 Å². The average molecular weight is 294 g/mol. The first kappa shape index (κ1) is 14.9. The molecule has 0 aliphatic rings. The number of aromatic nitrogens is 1. The summed E-state index contributed by atoms with van der Waals surface area (Å²) in [6, 6.07) is 5.62. The number of rotatable bonds is 5. The van der Waals surface area contributed by atoms with Crippen LogP contribution >= 0.6 is 11.6 Å². The van der Waals surface area contributed by atoms with E-state index in [2.05, 4.69) is 10.3 Å². The van der Waals surface area contributed by atoms with Gasteiger partial charge in [-0.3, -0.25) is 4.79 Å². The van der Waals surface area contributed by atoms with Crippen molar-refractivity contribution in [3.63, 3.8) is 0 Å². The van der Waals surface area contributed by atoms with Gasteiger partial charge in [0.15, 0.2) is 0 Å². The molecule has 0 saturated carbocycles. The first-order chi connectivity index (χ1) is 9.49. The molecule has 20 heavy (non-hydrogen) atoms. The molecule has 0 spiro atoms. The molecule has 1 amide bonds. The summed E-state index contributed by atoms with van der Waals surface area (Å²) in [6.07, 6.45) is 2.72. The number of amides is 1. The highest BCUT2D eigenvalue weighted by Gasteiger charge is 2.16. The van der Waals surface area contributed by atoms with Gasteiger partial charge in [0.05, 0.1) is 0 Å². The predicted octanol–water partition coefficient (Wildman–Crippen LogP) is 2.46. The number of carbonyl (C=O) groups excluding carboxylic acids is 1. The summed E-state index contributed by atoms with van der Waals surface area (Å²) < 4.78 is 0. The Labute approximate surface area is 123 Å². The van der Waals surface area contributed by atoms with Crippen LogP contribution in [0, 0.1) is 5.92 Å². The zero-order chi connectivity index (χ0) is 14.7. The smallest absolute Gasteiger partial charge is 0.224 e. The normalized spacial score (nSPS) is 14.2. The van der Waals surface area contributed by atoms with Crippen LogP contribution in [0.15, 0.2) is 24.4 Å². The van der Waals surface area contributed by atoms with Crippen LogP contribution in [0.5, 0.6) is 0 Å². The molecule has 0 aliphatic carbocycles. The molecule has 4 nitrogen and oxygen atoms in total. The van der Waals surface area contributed by atoms with E-state index >= 15 is 0 Å². The Morgan fingerprint density at radius 2 is 2.20 bits per heavy atom. The van der Waals surface area contributed by atoms with Crippen LogP contribution in [0.3, 0.4) is 0 Å². The first-order valence-corrected chi connectivity index (χ1v) is 7.15. The lowest BCUT2D eigenvalue weighted by Gasteiger charge is -2.15. The van der Waals surface area contributed by atoms with Gasteiger partial charge in [-0.25, -0.2) is 0 Å². The number of H-pyrrole nitrogens is 1. The maximum Gasteiger partial charge on any atom is 0.224 e. The zero-order valence-electron chi connectivity index (χ0n) is 11.7. The van der Waals surface area contributed by atoms with Gasteiger partial charge in [-0.1, -0.05) is 18.5 Å². The number of aromatic amines is 1. The molecule has 2 unspecified atom stereocenters. The predicted molar refractivity (Wildman–Crippen MR) is 82.8 cm³/mol. The monoisotopic (exact) mass is 293 g/mol. The van der Waals surface area contributed by atoms with Crippen molar-refractivity contribution in [3.8, 4) is 0 Å². The second kappa shape index (κ2) is 6.29. The third-order valence-electron chi connectivity index (χ3n) is 3.63. The molecular formula is C15H20ClN3O. The van der Waals surface area contributed by atoms with Crippen molar-refractivity contribution < 1.29 is 4.79 Å². The van der Waals surface area contributed by atoms with Gasteiger partial charge >= 0.3 is 0 Å². The highest BCUT2D eigenvalue weighted by molar-refractivity contribution is 6.31. The summed E-state index contributed by atoms with van der Waals surface area (Å²) in [6.45, 7) is 4.27. The van der Waals surface area contributed by atoms with Gasteiger partial charge in [0.1, 0.15) is 0 Å². The number of halogens is 1. The lowest BCUT2D eigenvalue weighted by atomic mass is 10.0. The zero-order valence-corrected chi connectivity index (χ0v) is 12.5. The molecule has 2 rings (SSSR count). The Hall–Kier alpha value is -1.52. The van der Waals surface area contributed by atoms with Crippen molar-refractivity contribution in [2.75, 3.05) is 6.54 Å². The maximum absolute atomic E-state index is 11.8. The highest BCUT2D eigenvalue weighted by atomic mass is 35.5. The molecule has 108 valence electrons. The van der Waals surface area contributed by atoms with E-state index < -0.39 is 0 Å². The van der Waals surface area contributed by atoms with E-state index in [9.17, 15) is 4.79 Å². The number of nitrogens with two attached hydrogens (primary N) is 1. The summed E-state index contributed by atoms with van der Waals surface area (Å²) >= 11 is 6.01. The fourth-order valence-corrected chi connectivity index (χ4v) is 2.25. The summed E-state index contributed by atoms with van der Waals surface area (Å²) in [7, 11) is 0. The van der Waals surface area contributed by atoms with Crippen molar-refractivity contribution in [2.24, 2.45) is 11.7 Å². The van der Waals surface area contributed by atoms with Crippen LogP contribution < -0.4 is 11.1 Å². The van der Waals surface area contributed by atoms with Gasteiger partial charge in [-0.2, -0.15) is 0 Å². The Kier molecular flexibility index (Phi) is 4.68. The minimum absolute atomic E-state index is 0.00197. The molecule has 5 heteroatoms. The van der Waals surface area contributed by atoms with Crippen molar-refractivity contribution in [1.29, 1.82) is 0 Å². The molecule has 0 radical (unpaired) electrons. The van der Waals surface area contributed by atoms with Gasteiger partial charge in [0, 0.05) is 40.6 Å². The molecule has 0 bridgehead atoms. The third-order valence-corrected chi connectivity index (χ3v) is 3.86. The Balaban J connectivity index is 1.96. The largest absolute Gasteiger partial charge is 0.361 e. The van der Waals surface area contributed by atoms with Crippen LogP contribution in [0.1, 0.15) is 19.4 Å². The van der Waals surface area contributed by atoms with Crippen LogP contribution in [0.4, 0.5) is 0 Å². The number of fused-ring (bicyclic) bond motifs is 1. The van der Waals surface area contributed by atoms with E-state index in [1.807, 2.05) is 38.2 Å². The van der Waals surface area contributed by atoms with Crippen molar-refractivity contribution in [1.82, 2.24) is 10.3 Å². The quantitative estimate of drug-likeness (QED) is 0.792. The lowest BCUT2D eigenvalue weighted by Crippen LogP contribution is -2.39. The minimum Gasteiger partial charge on any atom is -0.361 e. The van der Waals surface area contributed by atoms with E-state index in [1.54, 1.807) is 0 Å². The fourth-order valence-electron chi connectivity index (χ4n) is 2.08. The Morgan fingerprint density at radius 1 is 1.45 bits per heavy atom. The second-order valence-electron chi connectivity index (χ2n) is 5.19. The fraction of sp³-hybridized carbons (Fsp3) is 0.400. The number of nitrogens with one attached hydrogen (secondary N) is 2. The van der Waals surface area contributed by atoms with Crippen LogP contribution in [-0.4, -0.2) is 23.5 Å².